The molecule has 5 rings (SSSR count). The summed E-state index contributed by atoms with van der Waals surface area (Å²) in [6.07, 6.45) is 7.93. The molecule has 2 heterocycles. The average molecular weight is 727 g/mol. The minimum absolute atomic E-state index is 0.140. The first-order valence-corrected chi connectivity index (χ1v) is 16.6. The number of benzene rings is 2. The van der Waals surface area contributed by atoms with Crippen LogP contribution in [0.3, 0.4) is 0 Å². The van der Waals surface area contributed by atoms with Gasteiger partial charge in [0.15, 0.2) is 17.3 Å². The van der Waals surface area contributed by atoms with Gasteiger partial charge in [-0.2, -0.15) is 10.4 Å². The Morgan fingerprint density at radius 2 is 1.94 bits per heavy atom. The van der Waals surface area contributed by atoms with Crippen molar-refractivity contribution >= 4 is 35.7 Å². The van der Waals surface area contributed by atoms with Crippen molar-refractivity contribution in [2.75, 3.05) is 19.8 Å². The van der Waals surface area contributed by atoms with Crippen LogP contribution in [0, 0.1) is 40.1 Å². The molecule has 51 heavy (non-hydrogen) atoms. The van der Waals surface area contributed by atoms with Crippen LogP contribution in [-0.2, 0) is 45.5 Å². The molecule has 0 radical (unpaired) electrons. The molecule has 1 aliphatic heterocycles. The van der Waals surface area contributed by atoms with Crippen molar-refractivity contribution in [2.45, 2.75) is 49.2 Å². The number of carbonyl (C=O) groups is 3. The standard InChI is InChI=1S/C35H33F3N4O8S/c1-21(51-27-16-48-31(49-17-27)6-4-3-5-24-8-7-23(14-39)11-29(24)37)35(18-42-20-40-19-41-42,28-10-9-26(36)12-30(28)38)50-33(46)34(32(44)45)13-25(34)15-47-22(2)43/h3-12,19-21,25,27,31H,13,15-18H2,1-2H3,(H,44,45)/t21-,25+,27?,31?,34-,35-/m1/s1. The number of hydrogen-bond donors (Lipinski definition) is 1. The van der Waals surface area contributed by atoms with E-state index < -0.39 is 69.1 Å². The van der Waals surface area contributed by atoms with Gasteiger partial charge >= 0.3 is 17.9 Å². The maximum atomic E-state index is 15.7. The number of allylic oxidation sites excluding steroid dienone is 2. The van der Waals surface area contributed by atoms with Crippen LogP contribution in [-0.4, -0.2) is 74.4 Å². The summed E-state index contributed by atoms with van der Waals surface area (Å²) in [4.78, 5) is 41.8. The molecule has 0 spiro atoms. The van der Waals surface area contributed by atoms with Gasteiger partial charge < -0.3 is 24.1 Å². The molecule has 0 unspecified atom stereocenters. The van der Waals surface area contributed by atoms with E-state index in [9.17, 15) is 28.3 Å². The Morgan fingerprint density at radius 3 is 2.57 bits per heavy atom. The molecule has 16 heteroatoms. The number of nitrogens with zero attached hydrogens (tertiary/aromatic N) is 4. The van der Waals surface area contributed by atoms with E-state index >= 15 is 4.39 Å². The molecule has 4 atom stereocenters. The Morgan fingerprint density at radius 1 is 1.18 bits per heavy atom. The molecule has 2 aliphatic rings. The number of carboxylic acid groups (broad SMARTS) is 1. The van der Waals surface area contributed by atoms with Gasteiger partial charge in [0.05, 0.1) is 43.2 Å². The SMILES string of the molecule is CC(=O)OC[C@@H]1C[C@@]1(C(=O)O)C(=O)O[C@@](Cn1cncn1)(c1ccc(F)cc1F)[C@@H](C)SC1COC(C=CC=Cc2ccc(C#N)cc2F)OC1. The summed E-state index contributed by atoms with van der Waals surface area (Å²) in [5.41, 5.74) is -3.76. The van der Waals surface area contributed by atoms with Gasteiger partial charge in [-0.05, 0) is 43.7 Å². The Balaban J connectivity index is 1.36. The van der Waals surface area contributed by atoms with Crippen LogP contribution in [0.15, 0.2) is 67.3 Å². The highest BCUT2D eigenvalue weighted by molar-refractivity contribution is 8.00. The molecule has 1 N–H and O–H groups in total. The van der Waals surface area contributed by atoms with Crippen molar-refractivity contribution in [1.29, 1.82) is 5.26 Å². The molecule has 1 aliphatic carbocycles. The number of rotatable bonds is 14. The van der Waals surface area contributed by atoms with Gasteiger partial charge in [0.1, 0.15) is 30.1 Å². The largest absolute Gasteiger partial charge is 0.480 e. The summed E-state index contributed by atoms with van der Waals surface area (Å²) < 4.78 is 68.1. The first-order chi connectivity index (χ1) is 24.4. The lowest BCUT2D eigenvalue weighted by Gasteiger charge is -2.41. The van der Waals surface area contributed by atoms with Crippen molar-refractivity contribution in [3.63, 3.8) is 0 Å². The van der Waals surface area contributed by atoms with Gasteiger partial charge in [-0.3, -0.25) is 14.4 Å². The van der Waals surface area contributed by atoms with Gasteiger partial charge in [0.2, 0.25) is 0 Å². The van der Waals surface area contributed by atoms with Gasteiger partial charge in [0.25, 0.3) is 0 Å². The van der Waals surface area contributed by atoms with E-state index in [1.54, 1.807) is 25.2 Å². The first-order valence-electron chi connectivity index (χ1n) is 15.7. The van der Waals surface area contributed by atoms with E-state index in [2.05, 4.69) is 10.1 Å². The number of nitriles is 1. The lowest BCUT2D eigenvalue weighted by molar-refractivity contribution is -0.178. The molecule has 1 aromatic heterocycles. The van der Waals surface area contributed by atoms with Crippen molar-refractivity contribution in [1.82, 2.24) is 14.8 Å². The van der Waals surface area contributed by atoms with E-state index in [0.717, 1.165) is 25.1 Å². The van der Waals surface area contributed by atoms with Crippen LogP contribution in [0.5, 0.6) is 0 Å². The van der Waals surface area contributed by atoms with Crippen LogP contribution >= 0.6 is 11.8 Å². The third-order valence-electron chi connectivity index (χ3n) is 8.59. The molecule has 1 saturated heterocycles. The second kappa shape index (κ2) is 15.9. The molecule has 1 saturated carbocycles. The zero-order valence-corrected chi connectivity index (χ0v) is 28.2. The molecule has 2 fully saturated rings. The topological polar surface area (TPSA) is 163 Å². The molecular formula is C35H33F3N4O8S. The number of carboxylic acids is 1. The Kier molecular flexibility index (Phi) is 11.6. The predicted molar refractivity (Wildman–Crippen MR) is 175 cm³/mol. The molecule has 0 bridgehead atoms. The number of hydrogen-bond acceptors (Lipinski definition) is 11. The zero-order valence-electron chi connectivity index (χ0n) is 27.4. The van der Waals surface area contributed by atoms with Crippen LogP contribution in [0.1, 0.15) is 37.0 Å². The van der Waals surface area contributed by atoms with Crippen LogP contribution in [0.25, 0.3) is 6.08 Å². The second-order valence-electron chi connectivity index (χ2n) is 12.0. The maximum Gasteiger partial charge on any atom is 0.324 e. The molecule has 2 aromatic carbocycles. The molecule has 3 aromatic rings. The first kappa shape index (κ1) is 37.3. The van der Waals surface area contributed by atoms with Gasteiger partial charge in [0, 0.05) is 35.3 Å². The van der Waals surface area contributed by atoms with E-state index in [1.807, 2.05) is 6.07 Å². The number of thioether (sulfide) groups is 1. The molecule has 268 valence electrons. The molecule has 0 amide bonds. The number of aromatic nitrogens is 3. The summed E-state index contributed by atoms with van der Waals surface area (Å²) in [5.74, 6) is -6.68. The fraction of sp³-hybridized carbons (Fsp3) is 0.371. The number of esters is 2. The fourth-order valence-corrected chi connectivity index (χ4v) is 7.09. The number of aliphatic carboxylic acids is 1. The summed E-state index contributed by atoms with van der Waals surface area (Å²) in [6.45, 7) is 2.41. The minimum atomic E-state index is -2.07. The monoisotopic (exact) mass is 726 g/mol. The summed E-state index contributed by atoms with van der Waals surface area (Å²) in [5, 5.41) is 21.9. The van der Waals surface area contributed by atoms with Crippen molar-refractivity contribution in [3.8, 4) is 6.07 Å². The summed E-state index contributed by atoms with van der Waals surface area (Å²) >= 11 is 1.22. The Hall–Kier alpha value is -4.98. The van der Waals surface area contributed by atoms with Gasteiger partial charge in [-0.25, -0.2) is 22.8 Å². The summed E-state index contributed by atoms with van der Waals surface area (Å²) in [7, 11) is 0. The average Bonchev–Trinajstić information content (AvgIpc) is 3.63. The number of halogens is 3. The third kappa shape index (κ3) is 8.50. The summed E-state index contributed by atoms with van der Waals surface area (Å²) in [6, 6.07) is 8.77. The highest BCUT2D eigenvalue weighted by Crippen LogP contribution is 2.56. The van der Waals surface area contributed by atoms with E-state index in [0.29, 0.717) is 6.07 Å². The van der Waals surface area contributed by atoms with Crippen molar-refractivity contribution < 1.29 is 51.6 Å². The number of carbonyl (C=O) groups excluding carboxylic acids is 2. The van der Waals surface area contributed by atoms with Gasteiger partial charge in [-0.1, -0.05) is 24.3 Å². The normalized spacial score (nSPS) is 23.3. The Labute approximate surface area is 294 Å². The molecule has 12 nitrogen and oxygen atoms in total. The second-order valence-corrected chi connectivity index (χ2v) is 13.6. The highest BCUT2D eigenvalue weighted by Gasteiger charge is 2.69. The van der Waals surface area contributed by atoms with Crippen LogP contribution in [0.4, 0.5) is 13.2 Å². The Bertz CT molecular complexity index is 1860. The minimum Gasteiger partial charge on any atom is -0.480 e. The fourth-order valence-electron chi connectivity index (χ4n) is 5.73. The van der Waals surface area contributed by atoms with E-state index in [-0.39, 0.29) is 49.5 Å². The van der Waals surface area contributed by atoms with Crippen molar-refractivity contribution in [3.05, 3.63) is 101 Å². The van der Waals surface area contributed by atoms with E-state index in [1.165, 1.54) is 47.3 Å². The van der Waals surface area contributed by atoms with E-state index in [4.69, 9.17) is 24.2 Å². The smallest absolute Gasteiger partial charge is 0.324 e. The highest BCUT2D eigenvalue weighted by atomic mass is 32.2. The van der Waals surface area contributed by atoms with Gasteiger partial charge in [-0.15, -0.1) is 11.8 Å². The molecular weight excluding hydrogens is 693 g/mol. The maximum absolute atomic E-state index is 15.7. The predicted octanol–water partition coefficient (Wildman–Crippen LogP) is 4.79. The quantitative estimate of drug-likeness (QED) is 0.138. The third-order valence-corrected chi connectivity index (χ3v) is 10.0. The number of ether oxygens (including phenoxy) is 4. The van der Waals surface area contributed by atoms with Crippen molar-refractivity contribution in [2.24, 2.45) is 11.3 Å². The van der Waals surface area contributed by atoms with Crippen LogP contribution < -0.4 is 0 Å². The van der Waals surface area contributed by atoms with Crippen LogP contribution in [0.2, 0.25) is 0 Å². The zero-order chi connectivity index (χ0) is 36.8. The lowest BCUT2D eigenvalue weighted by atomic mass is 9.88. The lowest BCUT2D eigenvalue weighted by Crippen LogP contribution is -2.49.